The zero-order valence-electron chi connectivity index (χ0n) is 15.6. The van der Waals surface area contributed by atoms with Crippen LogP contribution in [-0.4, -0.2) is 41.3 Å². The number of benzene rings is 2. The molecule has 2 aromatic carbocycles. The summed E-state index contributed by atoms with van der Waals surface area (Å²) in [4.78, 5) is 37.8. The minimum absolute atomic E-state index is 0.148. The number of nitrogens with one attached hydrogen (secondary N) is 1. The van der Waals surface area contributed by atoms with Gasteiger partial charge in [-0.3, -0.25) is 19.7 Å². The van der Waals surface area contributed by atoms with Gasteiger partial charge in [0.25, 0.3) is 11.6 Å². The summed E-state index contributed by atoms with van der Waals surface area (Å²) >= 11 is 7.32. The number of carbonyl (C=O) groups is 2. The normalized spacial score (nSPS) is 13.6. The number of rotatable bonds is 8. The minimum atomic E-state index is -0.505. The third-order valence-corrected chi connectivity index (χ3v) is 6.12. The lowest BCUT2D eigenvalue weighted by atomic mass is 10.2. The molecule has 0 spiro atoms. The van der Waals surface area contributed by atoms with Gasteiger partial charge in [-0.15, -0.1) is 0 Å². The molecule has 152 valence electrons. The summed E-state index contributed by atoms with van der Waals surface area (Å²) in [5.74, 6) is -0.228. The summed E-state index contributed by atoms with van der Waals surface area (Å²) in [7, 11) is 0. The summed E-state index contributed by atoms with van der Waals surface area (Å²) in [5.41, 5.74) is 0.0719. The summed E-state index contributed by atoms with van der Waals surface area (Å²) in [6, 6.07) is 11.5. The number of hydrogen-bond donors (Lipinski definition) is 1. The molecule has 0 aliphatic carbocycles. The molecule has 0 bridgehead atoms. The smallest absolute Gasteiger partial charge is 0.284 e. The number of nitro benzene ring substituents is 1. The highest BCUT2D eigenvalue weighted by atomic mass is 35.5. The molecule has 2 amide bonds. The molecule has 1 saturated heterocycles. The van der Waals surface area contributed by atoms with Crippen LogP contribution in [0, 0.1) is 10.1 Å². The van der Waals surface area contributed by atoms with E-state index in [0.29, 0.717) is 40.7 Å². The van der Waals surface area contributed by atoms with E-state index in [2.05, 4.69) is 5.32 Å². The average Bonchev–Trinajstić information content (AvgIpc) is 3.11. The maximum absolute atomic E-state index is 12.4. The van der Waals surface area contributed by atoms with Gasteiger partial charge in [-0.1, -0.05) is 35.5 Å². The Morgan fingerprint density at radius 3 is 2.72 bits per heavy atom. The molecule has 1 aliphatic heterocycles. The Morgan fingerprint density at radius 1 is 1.24 bits per heavy atom. The van der Waals surface area contributed by atoms with Gasteiger partial charge in [-0.2, -0.15) is 0 Å². The molecule has 1 N–H and O–H groups in total. The van der Waals surface area contributed by atoms with Crippen molar-refractivity contribution in [1.82, 2.24) is 10.2 Å². The van der Waals surface area contributed by atoms with E-state index in [-0.39, 0.29) is 23.1 Å². The fourth-order valence-corrected chi connectivity index (χ4v) is 4.22. The van der Waals surface area contributed by atoms with Crippen LogP contribution in [0.15, 0.2) is 52.3 Å². The van der Waals surface area contributed by atoms with Crippen molar-refractivity contribution >= 4 is 40.9 Å². The van der Waals surface area contributed by atoms with Crippen molar-refractivity contribution in [2.45, 2.75) is 29.1 Å². The van der Waals surface area contributed by atoms with Gasteiger partial charge in [0.2, 0.25) is 5.91 Å². The Bertz CT molecular complexity index is 938. The number of likely N-dealkylation sites (tertiary alicyclic amines) is 1. The van der Waals surface area contributed by atoms with Crippen LogP contribution in [0.5, 0.6) is 0 Å². The number of amides is 2. The van der Waals surface area contributed by atoms with Crippen LogP contribution in [0.1, 0.15) is 29.6 Å². The molecule has 1 aliphatic rings. The molecular formula is C20H20ClN3O4S. The number of halogens is 1. The van der Waals surface area contributed by atoms with E-state index in [4.69, 9.17) is 11.6 Å². The number of nitro groups is 1. The van der Waals surface area contributed by atoms with Crippen molar-refractivity contribution in [3.63, 3.8) is 0 Å². The lowest BCUT2D eigenvalue weighted by Gasteiger charge is -2.15. The average molecular weight is 434 g/mol. The van der Waals surface area contributed by atoms with Crippen molar-refractivity contribution in [3.8, 4) is 0 Å². The standard InChI is InChI=1S/C20H20ClN3O4S/c21-15-5-1-2-6-17(15)29-18-9-8-14(13-16(18)24(27)28)20(26)22-10-4-12-23-11-3-7-19(23)25/h1-2,5-6,8-9,13H,3-4,7,10-12H2,(H,22,26). The second-order valence-electron chi connectivity index (χ2n) is 6.57. The molecule has 0 aromatic heterocycles. The van der Waals surface area contributed by atoms with Gasteiger partial charge >= 0.3 is 0 Å². The Morgan fingerprint density at radius 2 is 2.03 bits per heavy atom. The van der Waals surface area contributed by atoms with E-state index in [0.717, 1.165) is 13.0 Å². The first kappa shape index (κ1) is 21.1. The Hall–Kier alpha value is -2.58. The first-order valence-corrected chi connectivity index (χ1v) is 10.4. The van der Waals surface area contributed by atoms with Gasteiger partial charge in [-0.25, -0.2) is 0 Å². The zero-order valence-corrected chi connectivity index (χ0v) is 17.2. The lowest BCUT2D eigenvalue weighted by molar-refractivity contribution is -0.387. The number of hydrogen-bond acceptors (Lipinski definition) is 5. The third kappa shape index (κ3) is 5.48. The van der Waals surface area contributed by atoms with Crippen molar-refractivity contribution in [2.24, 2.45) is 0 Å². The second-order valence-corrected chi connectivity index (χ2v) is 8.06. The van der Waals surface area contributed by atoms with Crippen LogP contribution in [-0.2, 0) is 4.79 Å². The maximum Gasteiger partial charge on any atom is 0.284 e. The number of nitrogens with zero attached hydrogens (tertiary/aromatic N) is 2. The van der Waals surface area contributed by atoms with Gasteiger partial charge < -0.3 is 10.2 Å². The fraction of sp³-hybridized carbons (Fsp3) is 0.300. The van der Waals surface area contributed by atoms with E-state index >= 15 is 0 Å². The largest absolute Gasteiger partial charge is 0.352 e. The highest BCUT2D eigenvalue weighted by molar-refractivity contribution is 7.99. The minimum Gasteiger partial charge on any atom is -0.352 e. The highest BCUT2D eigenvalue weighted by Crippen LogP contribution is 2.38. The monoisotopic (exact) mass is 433 g/mol. The molecule has 0 radical (unpaired) electrons. The SMILES string of the molecule is O=C(NCCCN1CCCC1=O)c1ccc(Sc2ccccc2Cl)c([N+](=O)[O-])c1. The van der Waals surface area contributed by atoms with Gasteiger partial charge in [0.05, 0.1) is 14.8 Å². The van der Waals surface area contributed by atoms with Crippen LogP contribution in [0.3, 0.4) is 0 Å². The molecule has 29 heavy (non-hydrogen) atoms. The van der Waals surface area contributed by atoms with E-state index in [9.17, 15) is 19.7 Å². The Kier molecular flexibility index (Phi) is 7.11. The van der Waals surface area contributed by atoms with Crippen molar-refractivity contribution in [2.75, 3.05) is 19.6 Å². The van der Waals surface area contributed by atoms with Crippen LogP contribution in [0.25, 0.3) is 0 Å². The summed E-state index contributed by atoms with van der Waals surface area (Å²) < 4.78 is 0. The van der Waals surface area contributed by atoms with Crippen molar-refractivity contribution in [1.29, 1.82) is 0 Å². The first-order chi connectivity index (χ1) is 14.0. The van der Waals surface area contributed by atoms with E-state index in [1.54, 1.807) is 41.3 Å². The predicted molar refractivity (Wildman–Crippen MR) is 111 cm³/mol. The zero-order chi connectivity index (χ0) is 20.8. The van der Waals surface area contributed by atoms with Crippen LogP contribution >= 0.6 is 23.4 Å². The number of carbonyl (C=O) groups excluding carboxylic acids is 2. The second kappa shape index (κ2) is 9.76. The molecule has 0 unspecified atom stereocenters. The van der Waals surface area contributed by atoms with Crippen molar-refractivity contribution < 1.29 is 14.5 Å². The topological polar surface area (TPSA) is 92.6 Å². The Labute approximate surface area is 177 Å². The fourth-order valence-electron chi connectivity index (χ4n) is 3.05. The molecule has 1 heterocycles. The van der Waals surface area contributed by atoms with Crippen molar-refractivity contribution in [3.05, 3.63) is 63.2 Å². The summed E-state index contributed by atoms with van der Waals surface area (Å²) in [6.45, 7) is 1.77. The predicted octanol–water partition coefficient (Wildman–Crippen LogP) is 4.14. The van der Waals surface area contributed by atoms with E-state index in [1.807, 2.05) is 0 Å². The Balaban J connectivity index is 1.62. The van der Waals surface area contributed by atoms with Crippen LogP contribution in [0.2, 0.25) is 5.02 Å². The van der Waals surface area contributed by atoms with Gasteiger partial charge in [0.15, 0.2) is 0 Å². The maximum atomic E-state index is 12.4. The molecule has 3 rings (SSSR count). The third-order valence-electron chi connectivity index (χ3n) is 4.54. The molecule has 1 fully saturated rings. The lowest BCUT2D eigenvalue weighted by Crippen LogP contribution is -2.30. The molecule has 9 heteroatoms. The molecule has 0 atom stereocenters. The quantitative estimate of drug-likeness (QED) is 0.383. The van der Waals surface area contributed by atoms with E-state index in [1.165, 1.54) is 17.8 Å². The molecular weight excluding hydrogens is 414 g/mol. The summed E-state index contributed by atoms with van der Waals surface area (Å²) in [5, 5.41) is 14.8. The highest BCUT2D eigenvalue weighted by Gasteiger charge is 2.20. The molecule has 7 nitrogen and oxygen atoms in total. The van der Waals surface area contributed by atoms with Gasteiger partial charge in [0, 0.05) is 42.6 Å². The van der Waals surface area contributed by atoms with Crippen LogP contribution < -0.4 is 5.32 Å². The van der Waals surface area contributed by atoms with Gasteiger partial charge in [-0.05, 0) is 37.1 Å². The first-order valence-electron chi connectivity index (χ1n) is 9.22. The molecule has 0 saturated carbocycles. The van der Waals surface area contributed by atoms with Gasteiger partial charge in [0.1, 0.15) is 0 Å². The summed E-state index contributed by atoms with van der Waals surface area (Å²) in [6.07, 6.45) is 2.11. The van der Waals surface area contributed by atoms with E-state index < -0.39 is 4.92 Å². The molecule has 2 aromatic rings. The van der Waals surface area contributed by atoms with Crippen LogP contribution in [0.4, 0.5) is 5.69 Å².